The van der Waals surface area contributed by atoms with Crippen molar-refractivity contribution in [1.29, 1.82) is 0 Å². The standard InChI is InChI=1S/C18H16BrClN2O2/c1-22(12-17(23)21-16-9-7-15(20)8-10-16)18(24)11-4-13-2-5-14(19)6-3-13/h2-11H,12H2,1H3,(H,21,23)/b11-4+. The van der Waals surface area contributed by atoms with Crippen molar-refractivity contribution in [3.05, 3.63) is 69.7 Å². The van der Waals surface area contributed by atoms with Crippen molar-refractivity contribution < 1.29 is 9.59 Å². The number of hydrogen-bond acceptors (Lipinski definition) is 2. The highest BCUT2D eigenvalue weighted by Gasteiger charge is 2.10. The van der Waals surface area contributed by atoms with Gasteiger partial charge in [-0.05, 0) is 48.0 Å². The van der Waals surface area contributed by atoms with Gasteiger partial charge in [0.25, 0.3) is 0 Å². The third kappa shape index (κ3) is 5.83. The SMILES string of the molecule is CN(CC(=O)Nc1ccc(Cl)cc1)C(=O)/C=C/c1ccc(Br)cc1. The predicted molar refractivity (Wildman–Crippen MR) is 101 cm³/mol. The van der Waals surface area contributed by atoms with Gasteiger partial charge in [0, 0.05) is 28.3 Å². The summed E-state index contributed by atoms with van der Waals surface area (Å²) < 4.78 is 0.974. The smallest absolute Gasteiger partial charge is 0.246 e. The van der Waals surface area contributed by atoms with Crippen molar-refractivity contribution in [2.45, 2.75) is 0 Å². The quantitative estimate of drug-likeness (QED) is 0.755. The van der Waals surface area contributed by atoms with Gasteiger partial charge in [-0.1, -0.05) is 39.7 Å². The fourth-order valence-electron chi connectivity index (χ4n) is 1.90. The first-order chi connectivity index (χ1) is 11.4. The van der Waals surface area contributed by atoms with Crippen LogP contribution in [0, 0.1) is 0 Å². The molecule has 4 nitrogen and oxygen atoms in total. The molecule has 6 heteroatoms. The Morgan fingerprint density at radius 2 is 1.75 bits per heavy atom. The van der Waals surface area contributed by atoms with Crippen LogP contribution in [0.5, 0.6) is 0 Å². The van der Waals surface area contributed by atoms with Crippen LogP contribution in [0.15, 0.2) is 59.1 Å². The number of hydrogen-bond donors (Lipinski definition) is 1. The second-order valence-electron chi connectivity index (χ2n) is 5.13. The number of carbonyl (C=O) groups excluding carboxylic acids is 2. The van der Waals surface area contributed by atoms with E-state index in [1.54, 1.807) is 37.4 Å². The zero-order chi connectivity index (χ0) is 17.5. The third-order valence-electron chi connectivity index (χ3n) is 3.17. The van der Waals surface area contributed by atoms with E-state index in [0.29, 0.717) is 10.7 Å². The van der Waals surface area contributed by atoms with Gasteiger partial charge in [0.2, 0.25) is 11.8 Å². The minimum Gasteiger partial charge on any atom is -0.333 e. The molecule has 0 spiro atoms. The second-order valence-corrected chi connectivity index (χ2v) is 6.49. The molecule has 2 aromatic carbocycles. The molecule has 0 bridgehead atoms. The summed E-state index contributed by atoms with van der Waals surface area (Å²) in [5, 5.41) is 3.31. The molecular formula is C18H16BrClN2O2. The number of nitrogens with zero attached hydrogens (tertiary/aromatic N) is 1. The van der Waals surface area contributed by atoms with Crippen LogP contribution in [-0.4, -0.2) is 30.3 Å². The molecule has 0 aliphatic carbocycles. The molecule has 0 heterocycles. The summed E-state index contributed by atoms with van der Waals surface area (Å²) in [6.45, 7) is -0.0356. The van der Waals surface area contributed by atoms with Crippen LogP contribution in [0.4, 0.5) is 5.69 Å². The van der Waals surface area contributed by atoms with Gasteiger partial charge in [0.15, 0.2) is 0 Å². The van der Waals surface area contributed by atoms with Crippen molar-refractivity contribution in [3.8, 4) is 0 Å². The number of carbonyl (C=O) groups is 2. The normalized spacial score (nSPS) is 10.6. The van der Waals surface area contributed by atoms with Crippen LogP contribution in [0.1, 0.15) is 5.56 Å². The van der Waals surface area contributed by atoms with E-state index >= 15 is 0 Å². The Morgan fingerprint density at radius 3 is 2.38 bits per heavy atom. The Labute approximate surface area is 154 Å². The van der Waals surface area contributed by atoms with Crippen LogP contribution in [0.2, 0.25) is 5.02 Å². The monoisotopic (exact) mass is 406 g/mol. The molecule has 0 unspecified atom stereocenters. The molecule has 0 aromatic heterocycles. The predicted octanol–water partition coefficient (Wildman–Crippen LogP) is 4.21. The molecule has 2 rings (SSSR count). The second kappa shape index (κ2) is 8.66. The van der Waals surface area contributed by atoms with E-state index in [2.05, 4.69) is 21.2 Å². The van der Waals surface area contributed by atoms with Crippen LogP contribution in [-0.2, 0) is 9.59 Å². The van der Waals surface area contributed by atoms with Crippen molar-refractivity contribution in [1.82, 2.24) is 4.90 Å². The summed E-state index contributed by atoms with van der Waals surface area (Å²) in [5.74, 6) is -0.519. The summed E-state index contributed by atoms with van der Waals surface area (Å²) in [4.78, 5) is 25.4. The van der Waals surface area contributed by atoms with Gasteiger partial charge >= 0.3 is 0 Å². The average molecular weight is 408 g/mol. The molecule has 0 radical (unpaired) electrons. The molecule has 0 fully saturated rings. The molecule has 0 saturated carbocycles. The lowest BCUT2D eigenvalue weighted by Crippen LogP contribution is -2.33. The average Bonchev–Trinajstić information content (AvgIpc) is 2.56. The number of anilines is 1. The van der Waals surface area contributed by atoms with Gasteiger partial charge in [-0.2, -0.15) is 0 Å². The van der Waals surface area contributed by atoms with Gasteiger partial charge in [-0.25, -0.2) is 0 Å². The number of nitrogens with one attached hydrogen (secondary N) is 1. The molecule has 0 aliphatic rings. The molecule has 0 atom stereocenters. The van der Waals surface area contributed by atoms with E-state index < -0.39 is 0 Å². The van der Waals surface area contributed by atoms with Gasteiger partial charge in [-0.15, -0.1) is 0 Å². The largest absolute Gasteiger partial charge is 0.333 e. The number of benzene rings is 2. The van der Waals surface area contributed by atoms with Gasteiger partial charge in [-0.3, -0.25) is 9.59 Å². The van der Waals surface area contributed by atoms with Gasteiger partial charge in [0.1, 0.15) is 0 Å². The maximum atomic E-state index is 12.0. The van der Waals surface area contributed by atoms with Crippen LogP contribution < -0.4 is 5.32 Å². The Hall–Kier alpha value is -2.11. The highest BCUT2D eigenvalue weighted by Crippen LogP contribution is 2.13. The molecule has 24 heavy (non-hydrogen) atoms. The first kappa shape index (κ1) is 18.2. The summed E-state index contributed by atoms with van der Waals surface area (Å²) in [6.07, 6.45) is 3.15. The molecule has 124 valence electrons. The lowest BCUT2D eigenvalue weighted by molar-refractivity contribution is -0.129. The van der Waals surface area contributed by atoms with Crippen molar-refractivity contribution >= 4 is 51.1 Å². The van der Waals surface area contributed by atoms with E-state index in [1.807, 2.05) is 24.3 Å². The van der Waals surface area contributed by atoms with Crippen molar-refractivity contribution in [2.75, 3.05) is 18.9 Å². The molecule has 2 amide bonds. The third-order valence-corrected chi connectivity index (χ3v) is 3.95. The van der Waals surface area contributed by atoms with Crippen LogP contribution in [0.3, 0.4) is 0 Å². The van der Waals surface area contributed by atoms with E-state index in [-0.39, 0.29) is 18.4 Å². The fraction of sp³-hybridized carbons (Fsp3) is 0.111. The Kier molecular flexibility index (Phi) is 6.58. The number of amides is 2. The molecule has 1 N–H and O–H groups in total. The maximum absolute atomic E-state index is 12.0. The Bertz CT molecular complexity index is 743. The summed E-state index contributed by atoms with van der Waals surface area (Å²) >= 11 is 9.15. The van der Waals surface area contributed by atoms with Gasteiger partial charge in [0.05, 0.1) is 6.54 Å². The molecule has 2 aromatic rings. The summed E-state index contributed by atoms with van der Waals surface area (Å²) in [6, 6.07) is 14.4. The minimum absolute atomic E-state index is 0.0356. The molecule has 0 aliphatic heterocycles. The first-order valence-electron chi connectivity index (χ1n) is 7.18. The number of halogens is 2. The fourth-order valence-corrected chi connectivity index (χ4v) is 2.29. The Balaban J connectivity index is 1.87. The summed E-state index contributed by atoms with van der Waals surface area (Å²) in [5.41, 5.74) is 1.54. The van der Waals surface area contributed by atoms with E-state index in [4.69, 9.17) is 11.6 Å². The topological polar surface area (TPSA) is 49.4 Å². The minimum atomic E-state index is -0.273. The van der Waals surface area contributed by atoms with E-state index in [1.165, 1.54) is 11.0 Å². The number of rotatable bonds is 5. The van der Waals surface area contributed by atoms with E-state index in [0.717, 1.165) is 10.0 Å². The summed E-state index contributed by atoms with van der Waals surface area (Å²) in [7, 11) is 1.58. The van der Waals surface area contributed by atoms with Crippen molar-refractivity contribution in [3.63, 3.8) is 0 Å². The lowest BCUT2D eigenvalue weighted by atomic mass is 10.2. The highest BCUT2D eigenvalue weighted by molar-refractivity contribution is 9.10. The zero-order valence-corrected chi connectivity index (χ0v) is 15.3. The highest BCUT2D eigenvalue weighted by atomic mass is 79.9. The first-order valence-corrected chi connectivity index (χ1v) is 8.35. The maximum Gasteiger partial charge on any atom is 0.246 e. The van der Waals surface area contributed by atoms with Crippen LogP contribution in [0.25, 0.3) is 6.08 Å². The van der Waals surface area contributed by atoms with Crippen LogP contribution >= 0.6 is 27.5 Å². The Morgan fingerprint density at radius 1 is 1.12 bits per heavy atom. The van der Waals surface area contributed by atoms with E-state index in [9.17, 15) is 9.59 Å². The lowest BCUT2D eigenvalue weighted by Gasteiger charge is -2.14. The molecular weight excluding hydrogens is 392 g/mol. The van der Waals surface area contributed by atoms with Gasteiger partial charge < -0.3 is 10.2 Å². The zero-order valence-electron chi connectivity index (χ0n) is 13.0. The number of likely N-dealkylation sites (N-methyl/N-ethyl adjacent to an activating group) is 1. The van der Waals surface area contributed by atoms with Crippen molar-refractivity contribution in [2.24, 2.45) is 0 Å². The molecule has 0 saturated heterocycles.